The molecule has 1 rings (SSSR count). The van der Waals surface area contributed by atoms with Crippen LogP contribution in [0.2, 0.25) is 0 Å². The maximum atomic E-state index is 14.0. The molecule has 0 fully saturated rings. The first-order chi connectivity index (χ1) is 9.78. The Balaban J connectivity index is 3.06. The molecule has 0 saturated heterocycles. The summed E-state index contributed by atoms with van der Waals surface area (Å²) in [4.78, 5) is 9.97. The van der Waals surface area contributed by atoms with E-state index < -0.39 is 26.7 Å². The zero-order valence-corrected chi connectivity index (χ0v) is 13.2. The molecule has 116 valence electrons. The number of thioether (sulfide) groups is 1. The highest BCUT2D eigenvalue weighted by molar-refractivity contribution is 7.98. The van der Waals surface area contributed by atoms with Crippen LogP contribution in [0.3, 0.4) is 0 Å². The molecule has 0 radical (unpaired) electrons. The van der Waals surface area contributed by atoms with Gasteiger partial charge in [0, 0.05) is 25.4 Å². The van der Waals surface area contributed by atoms with E-state index in [0.29, 0.717) is 5.75 Å². The first-order valence-corrected chi connectivity index (χ1v) is 8.78. The third-order valence-electron chi connectivity index (χ3n) is 2.67. The van der Waals surface area contributed by atoms with Crippen molar-refractivity contribution in [2.45, 2.75) is 4.90 Å². The summed E-state index contributed by atoms with van der Waals surface area (Å²) in [6, 6.07) is 3.49. The fourth-order valence-electron chi connectivity index (χ4n) is 1.51. The largest absolute Gasteiger partial charge is 0.478 e. The molecule has 8 heteroatoms. The molecule has 21 heavy (non-hydrogen) atoms. The molecule has 1 aromatic rings. The number of aliphatic carboxylic acids is 1. The maximum absolute atomic E-state index is 14.0. The van der Waals surface area contributed by atoms with E-state index in [-0.39, 0.29) is 12.1 Å². The van der Waals surface area contributed by atoms with E-state index in [1.54, 1.807) is 0 Å². The molecule has 0 aliphatic carbocycles. The minimum absolute atomic E-state index is 0.278. The average molecular weight is 333 g/mol. The van der Waals surface area contributed by atoms with E-state index in [9.17, 15) is 17.6 Å². The summed E-state index contributed by atoms with van der Waals surface area (Å²) in [5.74, 6) is -1.46. The number of halogens is 1. The molecular formula is C13H16FNO4S2. The van der Waals surface area contributed by atoms with Crippen LogP contribution >= 0.6 is 11.8 Å². The van der Waals surface area contributed by atoms with Crippen LogP contribution in [0.5, 0.6) is 0 Å². The molecule has 0 spiro atoms. The number of sulfonamides is 1. The van der Waals surface area contributed by atoms with Crippen LogP contribution in [0.1, 0.15) is 5.56 Å². The van der Waals surface area contributed by atoms with Crippen LogP contribution in [0.4, 0.5) is 4.39 Å². The number of carboxylic acids is 1. The van der Waals surface area contributed by atoms with Crippen LogP contribution in [-0.4, -0.2) is 49.4 Å². The molecule has 0 aromatic heterocycles. The van der Waals surface area contributed by atoms with Gasteiger partial charge in [-0.3, -0.25) is 0 Å². The van der Waals surface area contributed by atoms with Gasteiger partial charge in [0.15, 0.2) is 0 Å². The lowest BCUT2D eigenvalue weighted by Gasteiger charge is -2.17. The van der Waals surface area contributed by atoms with E-state index in [4.69, 9.17) is 5.11 Å². The van der Waals surface area contributed by atoms with Crippen molar-refractivity contribution in [3.63, 3.8) is 0 Å². The number of carboxylic acid groups (broad SMARTS) is 1. The number of carbonyl (C=O) groups is 1. The molecule has 0 heterocycles. The highest BCUT2D eigenvalue weighted by Crippen LogP contribution is 2.20. The van der Waals surface area contributed by atoms with Crippen LogP contribution in [-0.2, 0) is 14.8 Å². The third-order valence-corrected chi connectivity index (χ3v) is 5.15. The van der Waals surface area contributed by atoms with Crippen LogP contribution in [0.15, 0.2) is 29.2 Å². The Kier molecular flexibility index (Phi) is 6.38. The highest BCUT2D eigenvalue weighted by Gasteiger charge is 2.24. The van der Waals surface area contributed by atoms with Gasteiger partial charge in [0.2, 0.25) is 10.0 Å². The minimum Gasteiger partial charge on any atom is -0.478 e. The fraction of sp³-hybridized carbons (Fsp3) is 0.308. The Hall–Kier alpha value is -1.38. The SMILES string of the molecule is CSCCN(C)S(=O)(=O)c1ccc(/C=C/C(=O)O)cc1F. The molecule has 0 aliphatic heterocycles. The van der Waals surface area contributed by atoms with E-state index >= 15 is 0 Å². The quantitative estimate of drug-likeness (QED) is 0.772. The lowest BCUT2D eigenvalue weighted by molar-refractivity contribution is -0.131. The second kappa shape index (κ2) is 7.58. The molecule has 0 bridgehead atoms. The predicted octanol–water partition coefficient (Wildman–Crippen LogP) is 1.91. The lowest BCUT2D eigenvalue weighted by atomic mass is 10.2. The predicted molar refractivity (Wildman–Crippen MR) is 81.3 cm³/mol. The summed E-state index contributed by atoms with van der Waals surface area (Å²) in [7, 11) is -2.49. The highest BCUT2D eigenvalue weighted by atomic mass is 32.2. The maximum Gasteiger partial charge on any atom is 0.328 e. The van der Waals surface area contributed by atoms with Crippen molar-refractivity contribution < 1.29 is 22.7 Å². The van der Waals surface area contributed by atoms with Crippen molar-refractivity contribution >= 4 is 33.8 Å². The Morgan fingerprint density at radius 2 is 2.14 bits per heavy atom. The van der Waals surface area contributed by atoms with Crippen LogP contribution in [0.25, 0.3) is 6.08 Å². The van der Waals surface area contributed by atoms with Gasteiger partial charge in [0.25, 0.3) is 0 Å². The molecule has 5 nitrogen and oxygen atoms in total. The summed E-state index contributed by atoms with van der Waals surface area (Å²) >= 11 is 1.49. The van der Waals surface area contributed by atoms with Crippen molar-refractivity contribution in [1.82, 2.24) is 4.31 Å². The topological polar surface area (TPSA) is 74.7 Å². The van der Waals surface area contributed by atoms with E-state index in [1.165, 1.54) is 31.0 Å². The number of hydrogen-bond donors (Lipinski definition) is 1. The van der Waals surface area contributed by atoms with Crippen LogP contribution < -0.4 is 0 Å². The number of rotatable bonds is 7. The summed E-state index contributed by atoms with van der Waals surface area (Å²) in [6.07, 6.45) is 3.90. The average Bonchev–Trinajstić information content (AvgIpc) is 2.42. The number of nitrogens with zero attached hydrogens (tertiary/aromatic N) is 1. The smallest absolute Gasteiger partial charge is 0.328 e. The molecular weight excluding hydrogens is 317 g/mol. The van der Waals surface area contributed by atoms with Gasteiger partial charge in [-0.15, -0.1) is 0 Å². The van der Waals surface area contributed by atoms with Gasteiger partial charge < -0.3 is 5.11 Å². The van der Waals surface area contributed by atoms with Gasteiger partial charge in [-0.1, -0.05) is 6.07 Å². The summed E-state index contributed by atoms with van der Waals surface area (Å²) < 4.78 is 39.5. The van der Waals surface area contributed by atoms with Crippen molar-refractivity contribution in [2.24, 2.45) is 0 Å². The Bertz CT molecular complexity index is 644. The molecule has 0 aliphatic rings. The first-order valence-electron chi connectivity index (χ1n) is 5.95. The second-order valence-corrected chi connectivity index (χ2v) is 7.18. The van der Waals surface area contributed by atoms with Crippen LogP contribution in [0, 0.1) is 5.82 Å². The minimum atomic E-state index is -3.89. The van der Waals surface area contributed by atoms with Crippen molar-refractivity contribution in [1.29, 1.82) is 0 Å². The zero-order valence-electron chi connectivity index (χ0n) is 11.6. The number of hydrogen-bond acceptors (Lipinski definition) is 4. The molecule has 0 amide bonds. The van der Waals surface area contributed by atoms with Gasteiger partial charge >= 0.3 is 5.97 Å². The monoisotopic (exact) mass is 333 g/mol. The van der Waals surface area contributed by atoms with Gasteiger partial charge in [-0.05, 0) is 30.0 Å². The van der Waals surface area contributed by atoms with Crippen molar-refractivity contribution in [3.8, 4) is 0 Å². The lowest BCUT2D eigenvalue weighted by Crippen LogP contribution is -2.29. The Morgan fingerprint density at radius 3 is 2.67 bits per heavy atom. The summed E-state index contributed by atoms with van der Waals surface area (Å²) in [5.41, 5.74) is 0.278. The normalized spacial score (nSPS) is 12.2. The van der Waals surface area contributed by atoms with Gasteiger partial charge in [-0.2, -0.15) is 11.8 Å². The standard InChI is InChI=1S/C13H16FNO4S2/c1-15(7-8-20-2)21(18,19)12-5-3-10(9-11(12)14)4-6-13(16)17/h3-6,9H,7-8H2,1-2H3,(H,16,17)/b6-4+. The van der Waals surface area contributed by atoms with Crippen molar-refractivity contribution in [2.75, 3.05) is 25.6 Å². The number of benzene rings is 1. The second-order valence-electron chi connectivity index (χ2n) is 4.18. The van der Waals surface area contributed by atoms with Crippen molar-refractivity contribution in [3.05, 3.63) is 35.7 Å². The third kappa shape index (κ3) is 4.83. The van der Waals surface area contributed by atoms with Gasteiger partial charge in [0.05, 0.1) is 0 Å². The van der Waals surface area contributed by atoms with E-state index in [2.05, 4.69) is 0 Å². The molecule has 0 atom stereocenters. The fourth-order valence-corrected chi connectivity index (χ4v) is 3.29. The summed E-state index contributed by atoms with van der Waals surface area (Å²) in [6.45, 7) is 0.281. The summed E-state index contributed by atoms with van der Waals surface area (Å²) in [5, 5.41) is 8.50. The van der Waals surface area contributed by atoms with E-state index in [0.717, 1.165) is 22.5 Å². The first kappa shape index (κ1) is 17.7. The van der Waals surface area contributed by atoms with Gasteiger partial charge in [0.1, 0.15) is 10.7 Å². The molecule has 1 aromatic carbocycles. The molecule has 1 N–H and O–H groups in total. The van der Waals surface area contributed by atoms with E-state index in [1.807, 2.05) is 6.26 Å². The Morgan fingerprint density at radius 1 is 1.48 bits per heavy atom. The molecule has 0 saturated carbocycles. The zero-order chi connectivity index (χ0) is 16.0. The Labute approximate surface area is 127 Å². The van der Waals surface area contributed by atoms with Gasteiger partial charge in [-0.25, -0.2) is 21.9 Å². The molecule has 0 unspecified atom stereocenters.